The molecule has 2 aromatic carbocycles. The van der Waals surface area contributed by atoms with Gasteiger partial charge in [0.1, 0.15) is 5.82 Å². The highest BCUT2D eigenvalue weighted by molar-refractivity contribution is 7.89. The minimum atomic E-state index is -3.78. The molecule has 0 heterocycles. The second-order valence-electron chi connectivity index (χ2n) is 5.08. The van der Waals surface area contributed by atoms with E-state index in [1.165, 1.54) is 42.5 Å². The van der Waals surface area contributed by atoms with Crippen LogP contribution in [0.1, 0.15) is 20.7 Å². The maximum Gasteiger partial charge on any atom is 0.269 e. The molecular formula is C17H16FN3O4S. The van der Waals surface area contributed by atoms with Gasteiger partial charge in [-0.25, -0.2) is 17.5 Å². The Kier molecular flexibility index (Phi) is 6.21. The highest BCUT2D eigenvalue weighted by Crippen LogP contribution is 2.11. The lowest BCUT2D eigenvalue weighted by Crippen LogP contribution is -2.41. The van der Waals surface area contributed by atoms with Crippen molar-refractivity contribution in [3.63, 3.8) is 0 Å². The van der Waals surface area contributed by atoms with Crippen LogP contribution in [0.4, 0.5) is 4.39 Å². The van der Waals surface area contributed by atoms with E-state index in [1.54, 1.807) is 0 Å². The van der Waals surface area contributed by atoms with Gasteiger partial charge in [-0.05, 0) is 42.5 Å². The quantitative estimate of drug-likeness (QED) is 0.522. The summed E-state index contributed by atoms with van der Waals surface area (Å²) in [5, 5.41) is 0. The first-order chi connectivity index (χ1) is 12.3. The number of carbonyl (C=O) groups excluding carboxylic acids is 2. The number of sulfonamides is 1. The lowest BCUT2D eigenvalue weighted by Gasteiger charge is -2.09. The normalized spacial score (nSPS) is 10.8. The fourth-order valence-electron chi connectivity index (χ4n) is 1.92. The molecule has 0 saturated carbocycles. The molecule has 136 valence electrons. The molecule has 0 fully saturated rings. The minimum absolute atomic E-state index is 0.0332. The molecule has 0 saturated heterocycles. The Hall–Kier alpha value is -3.04. The molecule has 0 aliphatic heterocycles. The number of hydrazine groups is 1. The van der Waals surface area contributed by atoms with Crippen LogP contribution in [-0.4, -0.2) is 26.8 Å². The number of amides is 2. The van der Waals surface area contributed by atoms with Gasteiger partial charge in [0.2, 0.25) is 10.0 Å². The minimum Gasteiger partial charge on any atom is -0.267 e. The van der Waals surface area contributed by atoms with E-state index in [0.717, 1.165) is 12.1 Å². The Labute approximate surface area is 149 Å². The van der Waals surface area contributed by atoms with Crippen molar-refractivity contribution in [3.05, 3.63) is 78.1 Å². The number of rotatable bonds is 6. The Morgan fingerprint density at radius 2 is 1.62 bits per heavy atom. The van der Waals surface area contributed by atoms with Crippen LogP contribution in [0.3, 0.4) is 0 Å². The number of benzene rings is 2. The molecule has 2 amide bonds. The van der Waals surface area contributed by atoms with Crippen LogP contribution in [0.15, 0.2) is 66.1 Å². The summed E-state index contributed by atoms with van der Waals surface area (Å²) >= 11 is 0. The molecule has 0 bridgehead atoms. The standard InChI is InChI=1S/C17H16FN3O4S/c1-2-10-19-26(24,25)15-5-3-4-13(11-15)17(23)21-20-16(22)12-6-8-14(18)9-7-12/h2-9,11,19H,1,10H2,(H,20,22)(H,21,23). The smallest absolute Gasteiger partial charge is 0.267 e. The van der Waals surface area contributed by atoms with Crippen molar-refractivity contribution < 1.29 is 22.4 Å². The predicted octanol–water partition coefficient (Wildman–Crippen LogP) is 1.36. The van der Waals surface area contributed by atoms with Crippen LogP contribution in [0.5, 0.6) is 0 Å². The van der Waals surface area contributed by atoms with Gasteiger partial charge < -0.3 is 0 Å². The summed E-state index contributed by atoms with van der Waals surface area (Å²) < 4.78 is 39.2. The summed E-state index contributed by atoms with van der Waals surface area (Å²) in [6.07, 6.45) is 1.39. The van der Waals surface area contributed by atoms with Crippen molar-refractivity contribution in [3.8, 4) is 0 Å². The number of nitrogens with one attached hydrogen (secondary N) is 3. The fourth-order valence-corrected chi connectivity index (χ4v) is 2.96. The van der Waals surface area contributed by atoms with Crippen LogP contribution in [0, 0.1) is 5.82 Å². The van der Waals surface area contributed by atoms with Gasteiger partial charge in [0.25, 0.3) is 11.8 Å². The van der Waals surface area contributed by atoms with Gasteiger partial charge in [0.05, 0.1) is 4.90 Å². The molecule has 2 rings (SSSR count). The first-order valence-electron chi connectivity index (χ1n) is 7.40. The largest absolute Gasteiger partial charge is 0.269 e. The molecule has 0 aliphatic rings. The van der Waals surface area contributed by atoms with Crippen molar-refractivity contribution in [2.45, 2.75) is 4.90 Å². The molecule has 0 aliphatic carbocycles. The summed E-state index contributed by atoms with van der Waals surface area (Å²) in [5.74, 6) is -1.84. The van der Waals surface area contributed by atoms with Crippen LogP contribution < -0.4 is 15.6 Å². The van der Waals surface area contributed by atoms with E-state index in [1.807, 2.05) is 0 Å². The lowest BCUT2D eigenvalue weighted by atomic mass is 10.2. The third-order valence-corrected chi connectivity index (χ3v) is 4.64. The zero-order chi connectivity index (χ0) is 19.2. The van der Waals surface area contributed by atoms with Crippen LogP contribution in [-0.2, 0) is 10.0 Å². The van der Waals surface area contributed by atoms with Gasteiger partial charge in [-0.1, -0.05) is 12.1 Å². The van der Waals surface area contributed by atoms with Crippen molar-refractivity contribution in [2.75, 3.05) is 6.54 Å². The van der Waals surface area contributed by atoms with Crippen molar-refractivity contribution in [2.24, 2.45) is 0 Å². The Morgan fingerprint density at radius 3 is 2.23 bits per heavy atom. The van der Waals surface area contributed by atoms with Gasteiger partial charge in [-0.15, -0.1) is 6.58 Å². The topological polar surface area (TPSA) is 104 Å². The average Bonchev–Trinajstić information content (AvgIpc) is 2.65. The van der Waals surface area contributed by atoms with Gasteiger partial charge in [-0.3, -0.25) is 20.4 Å². The predicted molar refractivity (Wildman–Crippen MR) is 93.2 cm³/mol. The molecule has 0 aromatic heterocycles. The zero-order valence-corrected chi connectivity index (χ0v) is 14.3. The molecular weight excluding hydrogens is 361 g/mol. The van der Waals surface area contributed by atoms with E-state index >= 15 is 0 Å². The number of hydrogen-bond donors (Lipinski definition) is 3. The second kappa shape index (κ2) is 8.37. The van der Waals surface area contributed by atoms with E-state index in [4.69, 9.17) is 0 Å². The molecule has 2 aromatic rings. The average molecular weight is 377 g/mol. The van der Waals surface area contributed by atoms with Gasteiger partial charge in [0.15, 0.2) is 0 Å². The van der Waals surface area contributed by atoms with E-state index in [2.05, 4.69) is 22.2 Å². The SMILES string of the molecule is C=CCNS(=O)(=O)c1cccc(C(=O)NNC(=O)c2ccc(F)cc2)c1. The summed E-state index contributed by atoms with van der Waals surface area (Å²) in [6, 6.07) is 10.0. The molecule has 9 heteroatoms. The van der Waals surface area contributed by atoms with Crippen LogP contribution >= 0.6 is 0 Å². The Bertz CT molecular complexity index is 927. The van der Waals surface area contributed by atoms with Crippen LogP contribution in [0.25, 0.3) is 0 Å². The van der Waals surface area contributed by atoms with Crippen molar-refractivity contribution in [1.29, 1.82) is 0 Å². The highest BCUT2D eigenvalue weighted by atomic mass is 32.2. The van der Waals surface area contributed by atoms with E-state index in [-0.39, 0.29) is 22.6 Å². The third kappa shape index (κ3) is 4.98. The maximum absolute atomic E-state index is 12.8. The molecule has 0 unspecified atom stereocenters. The van der Waals surface area contributed by atoms with Crippen molar-refractivity contribution >= 4 is 21.8 Å². The monoisotopic (exact) mass is 377 g/mol. The third-order valence-electron chi connectivity index (χ3n) is 3.22. The summed E-state index contributed by atoms with van der Waals surface area (Å²) in [5.41, 5.74) is 4.52. The highest BCUT2D eigenvalue weighted by Gasteiger charge is 2.16. The summed E-state index contributed by atoms with van der Waals surface area (Å²) in [7, 11) is -3.78. The van der Waals surface area contributed by atoms with E-state index in [9.17, 15) is 22.4 Å². The number of carbonyl (C=O) groups is 2. The second-order valence-corrected chi connectivity index (χ2v) is 6.85. The molecule has 0 spiro atoms. The Morgan fingerprint density at radius 1 is 1.00 bits per heavy atom. The molecule has 7 nitrogen and oxygen atoms in total. The van der Waals surface area contributed by atoms with Gasteiger partial charge in [-0.2, -0.15) is 0 Å². The molecule has 3 N–H and O–H groups in total. The van der Waals surface area contributed by atoms with Gasteiger partial charge >= 0.3 is 0 Å². The number of halogens is 1. The molecule has 26 heavy (non-hydrogen) atoms. The fraction of sp³-hybridized carbons (Fsp3) is 0.0588. The molecule has 0 radical (unpaired) electrons. The lowest BCUT2D eigenvalue weighted by molar-refractivity contribution is 0.0846. The zero-order valence-electron chi connectivity index (χ0n) is 13.5. The first kappa shape index (κ1) is 19.3. The molecule has 0 atom stereocenters. The van der Waals surface area contributed by atoms with Gasteiger partial charge in [0, 0.05) is 17.7 Å². The van der Waals surface area contributed by atoms with E-state index < -0.39 is 27.7 Å². The Balaban J connectivity index is 2.05. The first-order valence-corrected chi connectivity index (χ1v) is 8.88. The van der Waals surface area contributed by atoms with Crippen molar-refractivity contribution in [1.82, 2.24) is 15.6 Å². The maximum atomic E-state index is 12.8. The van der Waals surface area contributed by atoms with Crippen LogP contribution in [0.2, 0.25) is 0 Å². The number of hydrogen-bond acceptors (Lipinski definition) is 4. The summed E-state index contributed by atoms with van der Waals surface area (Å²) in [4.78, 5) is 23.9. The summed E-state index contributed by atoms with van der Waals surface area (Å²) in [6.45, 7) is 3.47. The van der Waals surface area contributed by atoms with E-state index in [0.29, 0.717) is 0 Å².